The second-order valence-electron chi connectivity index (χ2n) is 4.29. The number of carbonyl (C=O) groups is 1. The molecule has 0 heterocycles. The number of ketones is 1. The topological polar surface area (TPSA) is 26.3 Å². The van der Waals surface area contributed by atoms with E-state index in [4.69, 9.17) is 4.74 Å². The number of methoxy groups -OCH3 is 1. The molecule has 1 aromatic rings. The van der Waals surface area contributed by atoms with Gasteiger partial charge in [0.2, 0.25) is 0 Å². The van der Waals surface area contributed by atoms with Crippen molar-refractivity contribution in [3.8, 4) is 5.75 Å². The summed E-state index contributed by atoms with van der Waals surface area (Å²) in [4.78, 5) is 10.6. The lowest BCUT2D eigenvalue weighted by molar-refractivity contribution is -0.120. The predicted octanol–water partition coefficient (Wildman–Crippen LogP) is 4.27. The molecule has 0 unspecified atom stereocenters. The minimum absolute atomic E-state index is 0.315. The van der Waals surface area contributed by atoms with Gasteiger partial charge in [0.05, 0.1) is 7.11 Å². The fourth-order valence-corrected chi connectivity index (χ4v) is 1.86. The molecule has 0 aliphatic rings. The van der Waals surface area contributed by atoms with Gasteiger partial charge in [0.15, 0.2) is 0 Å². The number of carbonyl (C=O) groups excluding carboxylic acids is 1. The Labute approximate surface area is 111 Å². The maximum absolute atomic E-state index is 10.6. The summed E-state index contributed by atoms with van der Waals surface area (Å²) in [6.45, 7) is 7.89. The third-order valence-corrected chi connectivity index (χ3v) is 3.13. The van der Waals surface area contributed by atoms with Crippen molar-refractivity contribution in [2.24, 2.45) is 5.92 Å². The number of aryl methyl sites for hydroxylation is 1. The van der Waals surface area contributed by atoms with E-state index >= 15 is 0 Å². The van der Waals surface area contributed by atoms with E-state index in [2.05, 4.69) is 26.8 Å². The zero-order valence-electron chi connectivity index (χ0n) is 12.3. The van der Waals surface area contributed by atoms with Crippen LogP contribution in [0.25, 0.3) is 0 Å². The Hall–Kier alpha value is -1.31. The van der Waals surface area contributed by atoms with E-state index in [1.165, 1.54) is 5.56 Å². The molecule has 0 radical (unpaired) electrons. The van der Waals surface area contributed by atoms with Crippen LogP contribution in [0.2, 0.25) is 0 Å². The second-order valence-corrected chi connectivity index (χ2v) is 4.29. The van der Waals surface area contributed by atoms with Crippen LogP contribution in [0, 0.1) is 5.92 Å². The summed E-state index contributed by atoms with van der Waals surface area (Å²) in [6, 6.07) is 8.08. The normalized spacial score (nSPS) is 9.67. The summed E-state index contributed by atoms with van der Waals surface area (Å²) in [6.07, 6.45) is 3.02. The second kappa shape index (κ2) is 9.69. The molecule has 0 fully saturated rings. The van der Waals surface area contributed by atoms with Crippen molar-refractivity contribution in [1.82, 2.24) is 0 Å². The molecule has 0 bridgehead atoms. The van der Waals surface area contributed by atoms with E-state index in [0.29, 0.717) is 11.7 Å². The van der Waals surface area contributed by atoms with Crippen molar-refractivity contribution >= 4 is 5.78 Å². The largest absolute Gasteiger partial charge is 0.496 e. The number of rotatable bonds is 5. The van der Waals surface area contributed by atoms with Gasteiger partial charge in [0.25, 0.3) is 0 Å². The Morgan fingerprint density at radius 2 is 1.72 bits per heavy atom. The Morgan fingerprint density at radius 3 is 2.00 bits per heavy atom. The highest BCUT2D eigenvalue weighted by molar-refractivity contribution is 5.78. The molecule has 18 heavy (non-hydrogen) atoms. The molecule has 0 aliphatic heterocycles. The van der Waals surface area contributed by atoms with E-state index < -0.39 is 0 Å². The van der Waals surface area contributed by atoms with Gasteiger partial charge in [-0.05, 0) is 37.8 Å². The van der Waals surface area contributed by atoms with Crippen LogP contribution in [0.4, 0.5) is 0 Å². The number of hydrogen-bond acceptors (Lipinski definition) is 2. The standard InChI is InChI=1S/C9H12O.C7H14O/c1-3-8-6-4-5-7-9(8)10-2;1-4-7(5-2)6(3)8/h4-7H,3H2,1-2H3;7H,4-5H2,1-3H3. The highest BCUT2D eigenvalue weighted by Gasteiger charge is 2.06. The predicted molar refractivity (Wildman–Crippen MR) is 77.1 cm³/mol. The molecule has 0 saturated heterocycles. The molecule has 0 aliphatic carbocycles. The summed E-state index contributed by atoms with van der Waals surface area (Å²) in [5.41, 5.74) is 1.27. The van der Waals surface area contributed by atoms with Crippen LogP contribution in [0.5, 0.6) is 5.75 Å². The molecule has 0 aromatic heterocycles. The number of Topliss-reactive ketones (excluding diaryl/α,β-unsaturated/α-hetero) is 1. The smallest absolute Gasteiger partial charge is 0.132 e. The van der Waals surface area contributed by atoms with Gasteiger partial charge in [-0.1, -0.05) is 39.0 Å². The third kappa shape index (κ3) is 5.85. The van der Waals surface area contributed by atoms with Crippen molar-refractivity contribution in [3.63, 3.8) is 0 Å². The molecule has 0 spiro atoms. The van der Waals surface area contributed by atoms with Crippen LogP contribution < -0.4 is 4.74 Å². The first kappa shape index (κ1) is 16.7. The fraction of sp³-hybridized carbons (Fsp3) is 0.562. The minimum Gasteiger partial charge on any atom is -0.496 e. The monoisotopic (exact) mass is 250 g/mol. The van der Waals surface area contributed by atoms with Crippen LogP contribution in [-0.4, -0.2) is 12.9 Å². The molecule has 1 rings (SSSR count). The van der Waals surface area contributed by atoms with Crippen molar-refractivity contribution < 1.29 is 9.53 Å². The van der Waals surface area contributed by atoms with Crippen molar-refractivity contribution in [1.29, 1.82) is 0 Å². The molecule has 0 N–H and O–H groups in total. The Balaban J connectivity index is 0.000000331. The molecule has 0 atom stereocenters. The number of benzene rings is 1. The van der Waals surface area contributed by atoms with Crippen LogP contribution in [0.1, 0.15) is 46.1 Å². The number of para-hydroxylation sites is 1. The average Bonchev–Trinajstić information content (AvgIpc) is 2.40. The lowest BCUT2D eigenvalue weighted by Gasteiger charge is -2.04. The fourth-order valence-electron chi connectivity index (χ4n) is 1.86. The average molecular weight is 250 g/mol. The van der Waals surface area contributed by atoms with Crippen LogP contribution in [0.15, 0.2) is 24.3 Å². The van der Waals surface area contributed by atoms with Gasteiger partial charge in [-0.3, -0.25) is 4.79 Å². The van der Waals surface area contributed by atoms with Gasteiger partial charge in [0.1, 0.15) is 11.5 Å². The van der Waals surface area contributed by atoms with Gasteiger partial charge in [-0.2, -0.15) is 0 Å². The number of ether oxygens (including phenoxy) is 1. The molecule has 1 aromatic carbocycles. The first-order valence-electron chi connectivity index (χ1n) is 6.72. The quantitative estimate of drug-likeness (QED) is 0.780. The van der Waals surface area contributed by atoms with E-state index in [0.717, 1.165) is 25.0 Å². The van der Waals surface area contributed by atoms with Crippen LogP contribution in [-0.2, 0) is 11.2 Å². The van der Waals surface area contributed by atoms with Crippen LogP contribution >= 0.6 is 0 Å². The highest BCUT2D eigenvalue weighted by Crippen LogP contribution is 2.16. The Kier molecular flexibility index (Phi) is 8.99. The molecule has 2 heteroatoms. The Bertz CT molecular complexity index is 318. The molecular formula is C16H26O2. The minimum atomic E-state index is 0.315. The van der Waals surface area contributed by atoms with Crippen molar-refractivity contribution in [2.75, 3.05) is 7.11 Å². The van der Waals surface area contributed by atoms with Crippen molar-refractivity contribution in [3.05, 3.63) is 29.8 Å². The zero-order valence-corrected chi connectivity index (χ0v) is 12.3. The van der Waals surface area contributed by atoms with Gasteiger partial charge in [-0.25, -0.2) is 0 Å². The molecule has 0 amide bonds. The maximum atomic E-state index is 10.6. The van der Waals surface area contributed by atoms with E-state index in [-0.39, 0.29) is 0 Å². The van der Waals surface area contributed by atoms with Crippen LogP contribution in [0.3, 0.4) is 0 Å². The van der Waals surface area contributed by atoms with Crippen molar-refractivity contribution in [2.45, 2.75) is 47.0 Å². The summed E-state index contributed by atoms with van der Waals surface area (Å²) in [7, 11) is 1.70. The van der Waals surface area contributed by atoms with Gasteiger partial charge >= 0.3 is 0 Å². The summed E-state index contributed by atoms with van der Waals surface area (Å²) in [5.74, 6) is 1.63. The van der Waals surface area contributed by atoms with E-state index in [9.17, 15) is 4.79 Å². The Morgan fingerprint density at radius 1 is 1.17 bits per heavy atom. The van der Waals surface area contributed by atoms with Gasteiger partial charge in [0, 0.05) is 5.92 Å². The summed E-state index contributed by atoms with van der Waals surface area (Å²) < 4.78 is 5.14. The zero-order chi connectivity index (χ0) is 14.0. The lowest BCUT2D eigenvalue weighted by atomic mass is 10.00. The first-order chi connectivity index (χ1) is 8.60. The summed E-state index contributed by atoms with van der Waals surface area (Å²) in [5, 5.41) is 0. The summed E-state index contributed by atoms with van der Waals surface area (Å²) >= 11 is 0. The number of hydrogen-bond donors (Lipinski definition) is 0. The van der Waals surface area contributed by atoms with E-state index in [1.807, 2.05) is 18.2 Å². The highest BCUT2D eigenvalue weighted by atomic mass is 16.5. The molecule has 102 valence electrons. The SMILES string of the molecule is CCC(CC)C(C)=O.CCc1ccccc1OC. The molecule has 0 saturated carbocycles. The molecular weight excluding hydrogens is 224 g/mol. The van der Waals surface area contributed by atoms with Gasteiger partial charge in [-0.15, -0.1) is 0 Å². The molecule has 2 nitrogen and oxygen atoms in total. The van der Waals surface area contributed by atoms with E-state index in [1.54, 1.807) is 14.0 Å². The lowest BCUT2D eigenvalue weighted by Crippen LogP contribution is -2.07. The maximum Gasteiger partial charge on any atom is 0.132 e. The first-order valence-corrected chi connectivity index (χ1v) is 6.72. The van der Waals surface area contributed by atoms with Gasteiger partial charge < -0.3 is 4.74 Å². The third-order valence-electron chi connectivity index (χ3n) is 3.13.